The van der Waals surface area contributed by atoms with E-state index in [1.165, 1.54) is 6.26 Å². The molecule has 3 rings (SSSR count). The quantitative estimate of drug-likeness (QED) is 0.898. The average Bonchev–Trinajstić information content (AvgIpc) is 3.08. The summed E-state index contributed by atoms with van der Waals surface area (Å²) in [5.74, 6) is 0.701. The number of hydrogen-bond donors (Lipinski definition) is 1. The molecule has 2 aromatic rings. The molecule has 0 spiro atoms. The summed E-state index contributed by atoms with van der Waals surface area (Å²) in [5.41, 5.74) is 0.756. The van der Waals surface area contributed by atoms with Crippen LogP contribution in [0.5, 0.6) is 0 Å². The van der Waals surface area contributed by atoms with Crippen molar-refractivity contribution in [1.29, 1.82) is 0 Å². The summed E-state index contributed by atoms with van der Waals surface area (Å²) in [6, 6.07) is 5.08. The molecule has 110 valence electrons. The Hall–Kier alpha value is -2.41. The van der Waals surface area contributed by atoms with Crippen molar-refractivity contribution >= 4 is 11.9 Å². The maximum absolute atomic E-state index is 11.8. The maximum Gasteiger partial charge on any atom is 0.287 e. The summed E-state index contributed by atoms with van der Waals surface area (Å²) in [5, 5.41) is 2.77. The Kier molecular flexibility index (Phi) is 4.11. The van der Waals surface area contributed by atoms with E-state index >= 15 is 0 Å². The number of nitrogens with one attached hydrogen (secondary N) is 1. The number of carbonyl (C=O) groups is 1. The third-order valence-corrected chi connectivity index (χ3v) is 3.17. The van der Waals surface area contributed by atoms with E-state index in [1.54, 1.807) is 24.4 Å². The number of furan rings is 1. The zero-order valence-corrected chi connectivity index (χ0v) is 11.5. The predicted octanol–water partition coefficient (Wildman–Crippen LogP) is 0.836. The van der Waals surface area contributed by atoms with Crippen LogP contribution in [0.15, 0.2) is 35.1 Å². The second-order valence-corrected chi connectivity index (χ2v) is 4.61. The van der Waals surface area contributed by atoms with Crippen LogP contribution in [-0.4, -0.2) is 42.2 Å². The Morgan fingerprint density at radius 2 is 2.19 bits per heavy atom. The predicted molar refractivity (Wildman–Crippen MR) is 74.9 cm³/mol. The molecule has 0 atom stereocenters. The van der Waals surface area contributed by atoms with Crippen molar-refractivity contribution in [2.75, 3.05) is 31.2 Å². The molecule has 7 heteroatoms. The second-order valence-electron chi connectivity index (χ2n) is 4.61. The third-order valence-electron chi connectivity index (χ3n) is 3.17. The molecule has 7 nitrogen and oxygen atoms in total. The highest BCUT2D eigenvalue weighted by molar-refractivity contribution is 5.91. The van der Waals surface area contributed by atoms with Crippen LogP contribution in [0, 0.1) is 0 Å². The van der Waals surface area contributed by atoms with Crippen molar-refractivity contribution in [1.82, 2.24) is 15.3 Å². The standard InChI is InChI=1S/C14H16N4O3/c19-13(12-2-1-7-21-12)16-10-11-3-4-15-14(17-11)18-5-8-20-9-6-18/h1-4,7H,5-6,8-10H2,(H,16,19). The SMILES string of the molecule is O=C(NCc1ccnc(N2CCOCC2)n1)c1ccco1. The van der Waals surface area contributed by atoms with Crippen LogP contribution in [0.4, 0.5) is 5.95 Å². The Morgan fingerprint density at radius 1 is 1.33 bits per heavy atom. The molecule has 1 amide bonds. The first-order valence-electron chi connectivity index (χ1n) is 6.79. The monoisotopic (exact) mass is 288 g/mol. The van der Waals surface area contributed by atoms with Crippen LogP contribution in [0.2, 0.25) is 0 Å². The van der Waals surface area contributed by atoms with E-state index in [0.717, 1.165) is 18.8 Å². The molecule has 1 saturated heterocycles. The van der Waals surface area contributed by atoms with Crippen LogP contribution in [-0.2, 0) is 11.3 Å². The van der Waals surface area contributed by atoms with Gasteiger partial charge in [0.2, 0.25) is 5.95 Å². The van der Waals surface area contributed by atoms with Gasteiger partial charge in [0.05, 0.1) is 31.7 Å². The molecular weight excluding hydrogens is 272 g/mol. The topological polar surface area (TPSA) is 80.5 Å². The summed E-state index contributed by atoms with van der Waals surface area (Å²) >= 11 is 0. The van der Waals surface area contributed by atoms with E-state index < -0.39 is 0 Å². The van der Waals surface area contributed by atoms with E-state index in [4.69, 9.17) is 9.15 Å². The van der Waals surface area contributed by atoms with E-state index in [2.05, 4.69) is 20.2 Å². The maximum atomic E-state index is 11.8. The fraction of sp³-hybridized carbons (Fsp3) is 0.357. The number of morpholine rings is 1. The minimum absolute atomic E-state index is 0.258. The zero-order chi connectivity index (χ0) is 14.5. The number of aromatic nitrogens is 2. The van der Waals surface area contributed by atoms with Crippen molar-refractivity contribution in [2.24, 2.45) is 0 Å². The Bertz CT molecular complexity index is 594. The summed E-state index contributed by atoms with van der Waals surface area (Å²) in [6.07, 6.45) is 3.17. The molecular formula is C14H16N4O3. The van der Waals surface area contributed by atoms with Gasteiger partial charge in [0.25, 0.3) is 5.91 Å². The van der Waals surface area contributed by atoms with Crippen molar-refractivity contribution in [3.63, 3.8) is 0 Å². The molecule has 0 aliphatic carbocycles. The van der Waals surface area contributed by atoms with E-state index in [9.17, 15) is 4.79 Å². The summed E-state index contributed by atoms with van der Waals surface area (Å²) in [4.78, 5) is 22.6. The Morgan fingerprint density at radius 3 is 2.95 bits per heavy atom. The smallest absolute Gasteiger partial charge is 0.287 e. The van der Waals surface area contributed by atoms with Gasteiger partial charge < -0.3 is 19.4 Å². The van der Waals surface area contributed by atoms with Crippen LogP contribution >= 0.6 is 0 Å². The van der Waals surface area contributed by atoms with Crippen molar-refractivity contribution in [3.8, 4) is 0 Å². The highest BCUT2D eigenvalue weighted by atomic mass is 16.5. The van der Waals surface area contributed by atoms with Gasteiger partial charge >= 0.3 is 0 Å². The van der Waals surface area contributed by atoms with Crippen molar-refractivity contribution in [3.05, 3.63) is 42.1 Å². The molecule has 1 fully saturated rings. The third kappa shape index (κ3) is 3.38. The molecule has 0 aromatic carbocycles. The molecule has 3 heterocycles. The van der Waals surface area contributed by atoms with Gasteiger partial charge in [-0.1, -0.05) is 0 Å². The number of anilines is 1. The number of carbonyl (C=O) groups excluding carboxylic acids is 1. The number of ether oxygens (including phenoxy) is 1. The molecule has 1 aliphatic heterocycles. The van der Waals surface area contributed by atoms with Gasteiger partial charge in [-0.25, -0.2) is 9.97 Å². The first kappa shape index (κ1) is 13.6. The van der Waals surface area contributed by atoms with Gasteiger partial charge in [-0.15, -0.1) is 0 Å². The summed E-state index contributed by atoms with van der Waals surface area (Å²) in [7, 11) is 0. The minimum Gasteiger partial charge on any atom is -0.459 e. The number of nitrogens with zero attached hydrogens (tertiary/aromatic N) is 3. The van der Waals surface area contributed by atoms with Crippen LogP contribution in [0.25, 0.3) is 0 Å². The summed E-state index contributed by atoms with van der Waals surface area (Å²) < 4.78 is 10.3. The average molecular weight is 288 g/mol. The molecule has 0 radical (unpaired) electrons. The number of amides is 1. The van der Waals surface area contributed by atoms with Gasteiger partial charge in [-0.05, 0) is 18.2 Å². The van der Waals surface area contributed by atoms with Gasteiger partial charge in [-0.2, -0.15) is 0 Å². The molecule has 0 unspecified atom stereocenters. The number of rotatable bonds is 4. The first-order chi connectivity index (χ1) is 10.3. The highest BCUT2D eigenvalue weighted by Crippen LogP contribution is 2.10. The van der Waals surface area contributed by atoms with E-state index in [1.807, 2.05) is 0 Å². The van der Waals surface area contributed by atoms with Crippen LogP contribution in [0.1, 0.15) is 16.2 Å². The van der Waals surface area contributed by atoms with Gasteiger partial charge in [-0.3, -0.25) is 4.79 Å². The van der Waals surface area contributed by atoms with Crippen molar-refractivity contribution < 1.29 is 13.9 Å². The largest absolute Gasteiger partial charge is 0.459 e. The van der Waals surface area contributed by atoms with Crippen LogP contribution < -0.4 is 10.2 Å². The van der Waals surface area contributed by atoms with E-state index in [0.29, 0.717) is 25.7 Å². The Labute approximate surface area is 121 Å². The first-order valence-corrected chi connectivity index (χ1v) is 6.79. The van der Waals surface area contributed by atoms with Gasteiger partial charge in [0, 0.05) is 19.3 Å². The molecule has 21 heavy (non-hydrogen) atoms. The Balaban J connectivity index is 1.62. The fourth-order valence-electron chi connectivity index (χ4n) is 2.06. The van der Waals surface area contributed by atoms with Crippen LogP contribution in [0.3, 0.4) is 0 Å². The zero-order valence-electron chi connectivity index (χ0n) is 11.5. The molecule has 1 aliphatic rings. The lowest BCUT2D eigenvalue weighted by Crippen LogP contribution is -2.37. The fourth-order valence-corrected chi connectivity index (χ4v) is 2.06. The lowest BCUT2D eigenvalue weighted by molar-refractivity contribution is 0.0922. The lowest BCUT2D eigenvalue weighted by atomic mass is 10.3. The highest BCUT2D eigenvalue weighted by Gasteiger charge is 2.14. The van der Waals surface area contributed by atoms with E-state index in [-0.39, 0.29) is 11.7 Å². The lowest BCUT2D eigenvalue weighted by Gasteiger charge is -2.26. The number of hydrogen-bond acceptors (Lipinski definition) is 6. The second kappa shape index (κ2) is 6.36. The van der Waals surface area contributed by atoms with Gasteiger partial charge in [0.15, 0.2) is 5.76 Å². The molecule has 0 bridgehead atoms. The minimum atomic E-state index is -0.258. The van der Waals surface area contributed by atoms with Crippen molar-refractivity contribution in [2.45, 2.75) is 6.54 Å². The molecule has 2 aromatic heterocycles. The molecule has 1 N–H and O–H groups in total. The summed E-state index contributed by atoms with van der Waals surface area (Å²) in [6.45, 7) is 3.26. The normalized spacial score (nSPS) is 15.0. The molecule has 0 saturated carbocycles. The van der Waals surface area contributed by atoms with Gasteiger partial charge in [0.1, 0.15) is 0 Å².